The van der Waals surface area contributed by atoms with Crippen LogP contribution in [0.2, 0.25) is 0 Å². The predicted molar refractivity (Wildman–Crippen MR) is 211 cm³/mol. The molecule has 0 N–H and O–H groups in total. The number of rotatable bonds is 5. The van der Waals surface area contributed by atoms with E-state index >= 15 is 0 Å². The van der Waals surface area contributed by atoms with Gasteiger partial charge in [0.2, 0.25) is 0 Å². The molecule has 50 heavy (non-hydrogen) atoms. The van der Waals surface area contributed by atoms with Gasteiger partial charge in [-0.1, -0.05) is 140 Å². The Morgan fingerprint density at radius 3 is 1.78 bits per heavy atom. The fraction of sp³-hybridized carbons (Fsp3) is 0. The van der Waals surface area contributed by atoms with Crippen LogP contribution < -0.4 is 0 Å². The highest BCUT2D eigenvalue weighted by Crippen LogP contribution is 2.40. The maximum atomic E-state index is 9.80. The van der Waals surface area contributed by atoms with Gasteiger partial charge in [-0.25, -0.2) is 0 Å². The molecule has 2 heteroatoms. The summed E-state index contributed by atoms with van der Waals surface area (Å²) in [7, 11) is 0. The summed E-state index contributed by atoms with van der Waals surface area (Å²) in [6, 6.07) is 60.5. The third-order valence-corrected chi connectivity index (χ3v) is 9.84. The van der Waals surface area contributed by atoms with Gasteiger partial charge in [-0.3, -0.25) is 0 Å². The van der Waals surface area contributed by atoms with Crippen LogP contribution in [0.1, 0.15) is 4.11 Å². The molecule has 0 saturated carbocycles. The Hall–Kier alpha value is -6.64. The zero-order valence-corrected chi connectivity index (χ0v) is 27.1. The van der Waals surface area contributed by atoms with Gasteiger partial charge in [0.1, 0.15) is 0 Å². The number of benzene rings is 8. The van der Waals surface area contributed by atoms with E-state index in [1.807, 2.05) is 72.8 Å². The molecule has 10 rings (SSSR count). The summed E-state index contributed by atoms with van der Waals surface area (Å²) in [5.74, 6) is 0. The van der Waals surface area contributed by atoms with Gasteiger partial charge < -0.3 is 9.13 Å². The van der Waals surface area contributed by atoms with Crippen LogP contribution in [-0.4, -0.2) is 9.13 Å². The summed E-state index contributed by atoms with van der Waals surface area (Å²) in [5, 5.41) is 3.69. The minimum Gasteiger partial charge on any atom is -0.309 e. The van der Waals surface area contributed by atoms with Crippen molar-refractivity contribution in [2.45, 2.75) is 0 Å². The number of hydrogen-bond acceptors (Lipinski definition) is 0. The van der Waals surface area contributed by atoms with Gasteiger partial charge in [-0.05, 0) is 82.4 Å². The van der Waals surface area contributed by atoms with Crippen molar-refractivity contribution >= 4 is 43.6 Å². The molecule has 0 aliphatic carbocycles. The van der Waals surface area contributed by atoms with E-state index < -0.39 is 0 Å². The first-order valence-corrected chi connectivity index (χ1v) is 17.0. The summed E-state index contributed by atoms with van der Waals surface area (Å²) in [6.07, 6.45) is 0. The molecule has 0 radical (unpaired) electrons. The summed E-state index contributed by atoms with van der Waals surface area (Å²) < 4.78 is 33.3. The summed E-state index contributed by atoms with van der Waals surface area (Å²) >= 11 is 0. The molecule has 0 bridgehead atoms. The maximum Gasteiger partial charge on any atom is 0.0645 e. The van der Waals surface area contributed by atoms with Crippen LogP contribution in [0.25, 0.3) is 88.4 Å². The third-order valence-electron chi connectivity index (χ3n) is 9.84. The SMILES string of the molecule is [2H]c1c(-c2ccc3c(c2)c2ccc(-c4ccccc4)cc2n3-c2ccccc2)c([2H])c2c3ccccc3n(-c3ccccc3-c3ccccc3)c2c1[2H]. The summed E-state index contributed by atoms with van der Waals surface area (Å²) in [4.78, 5) is 0. The highest BCUT2D eigenvalue weighted by molar-refractivity contribution is 6.13. The molecule has 234 valence electrons. The van der Waals surface area contributed by atoms with Gasteiger partial charge in [0.05, 0.1) is 31.9 Å². The van der Waals surface area contributed by atoms with Gasteiger partial charge in [0.25, 0.3) is 0 Å². The van der Waals surface area contributed by atoms with Crippen molar-refractivity contribution in [3.8, 4) is 44.8 Å². The third kappa shape index (κ3) is 4.50. The smallest absolute Gasteiger partial charge is 0.0645 e. The van der Waals surface area contributed by atoms with E-state index in [4.69, 9.17) is 0 Å². The average molecular weight is 640 g/mol. The van der Waals surface area contributed by atoms with Gasteiger partial charge in [0.15, 0.2) is 0 Å². The van der Waals surface area contributed by atoms with Crippen molar-refractivity contribution in [3.05, 3.63) is 194 Å². The summed E-state index contributed by atoms with van der Waals surface area (Å²) in [5.41, 5.74) is 11.2. The molecule has 0 unspecified atom stereocenters. The van der Waals surface area contributed by atoms with Crippen molar-refractivity contribution in [1.29, 1.82) is 0 Å². The topological polar surface area (TPSA) is 9.86 Å². The fourth-order valence-electron chi connectivity index (χ4n) is 7.53. The first kappa shape index (κ1) is 25.4. The molecular formula is C48H32N2. The number of para-hydroxylation sites is 3. The van der Waals surface area contributed by atoms with Crippen LogP contribution in [-0.2, 0) is 0 Å². The number of nitrogens with zero attached hydrogens (tertiary/aromatic N) is 2. The van der Waals surface area contributed by atoms with Crippen molar-refractivity contribution in [1.82, 2.24) is 9.13 Å². The molecule has 0 saturated heterocycles. The van der Waals surface area contributed by atoms with Crippen molar-refractivity contribution < 1.29 is 4.11 Å². The molecule has 2 heterocycles. The fourth-order valence-corrected chi connectivity index (χ4v) is 7.53. The molecule has 10 aromatic rings. The maximum absolute atomic E-state index is 9.80. The lowest BCUT2D eigenvalue weighted by Crippen LogP contribution is -1.97. The lowest BCUT2D eigenvalue weighted by atomic mass is 9.99. The molecule has 0 fully saturated rings. The monoisotopic (exact) mass is 639 g/mol. The van der Waals surface area contributed by atoms with E-state index in [-0.39, 0.29) is 18.1 Å². The van der Waals surface area contributed by atoms with Crippen LogP contribution in [0, 0.1) is 0 Å². The number of hydrogen-bond donors (Lipinski definition) is 0. The summed E-state index contributed by atoms with van der Waals surface area (Å²) in [6.45, 7) is 0. The van der Waals surface area contributed by atoms with Crippen LogP contribution in [0.15, 0.2) is 194 Å². The first-order valence-electron chi connectivity index (χ1n) is 18.5. The largest absolute Gasteiger partial charge is 0.309 e. The Kier molecular flexibility index (Phi) is 5.84. The highest BCUT2D eigenvalue weighted by Gasteiger charge is 2.18. The van der Waals surface area contributed by atoms with Gasteiger partial charge in [0, 0.05) is 32.8 Å². The minimum atomic E-state index is 0.0428. The van der Waals surface area contributed by atoms with Gasteiger partial charge >= 0.3 is 0 Å². The minimum absolute atomic E-state index is 0.0428. The Morgan fingerprint density at radius 1 is 0.340 bits per heavy atom. The Bertz CT molecular complexity index is 3020. The van der Waals surface area contributed by atoms with Gasteiger partial charge in [-0.2, -0.15) is 0 Å². The quantitative estimate of drug-likeness (QED) is 0.177. The van der Waals surface area contributed by atoms with Crippen molar-refractivity contribution in [2.75, 3.05) is 0 Å². The van der Waals surface area contributed by atoms with E-state index in [1.165, 1.54) is 0 Å². The van der Waals surface area contributed by atoms with E-state index in [1.54, 1.807) is 0 Å². The van der Waals surface area contributed by atoms with E-state index in [9.17, 15) is 4.11 Å². The van der Waals surface area contributed by atoms with E-state index in [2.05, 4.69) is 112 Å². The number of fused-ring (bicyclic) bond motifs is 6. The lowest BCUT2D eigenvalue weighted by Gasteiger charge is -2.14. The first-order chi connectivity index (χ1) is 26.1. The standard InChI is InChI=1S/C48H32N2/c1-4-14-33(15-5-1)37-24-27-41-43-31-35(25-28-46(43)49(48(41)32-37)38-18-8-3-9-19-38)36-26-29-47-42(30-36)40-21-11-13-23-45(40)50(47)44-22-12-10-20-39(44)34-16-6-2-7-17-34/h1-32H/i26D,29D,30D. The Balaban J connectivity index is 1.24. The molecule has 0 aliphatic heterocycles. The van der Waals surface area contributed by atoms with Crippen LogP contribution >= 0.6 is 0 Å². The Labute approximate surface area is 294 Å². The number of aromatic nitrogens is 2. The van der Waals surface area contributed by atoms with Crippen LogP contribution in [0.4, 0.5) is 0 Å². The molecule has 0 amide bonds. The zero-order chi connectivity index (χ0) is 35.6. The molecular weight excluding hydrogens is 605 g/mol. The second kappa shape index (κ2) is 11.5. The van der Waals surface area contributed by atoms with Crippen molar-refractivity contribution in [3.63, 3.8) is 0 Å². The van der Waals surface area contributed by atoms with Crippen LogP contribution in [0.3, 0.4) is 0 Å². The Morgan fingerprint density at radius 2 is 0.960 bits per heavy atom. The average Bonchev–Trinajstić information content (AvgIpc) is 3.74. The highest BCUT2D eigenvalue weighted by atomic mass is 15.0. The molecule has 2 aromatic heterocycles. The molecule has 0 atom stereocenters. The zero-order valence-electron chi connectivity index (χ0n) is 30.1. The van der Waals surface area contributed by atoms with Gasteiger partial charge in [-0.15, -0.1) is 0 Å². The molecule has 0 spiro atoms. The van der Waals surface area contributed by atoms with E-state index in [0.717, 1.165) is 71.9 Å². The second-order valence-corrected chi connectivity index (χ2v) is 12.7. The van der Waals surface area contributed by atoms with Crippen LogP contribution in [0.5, 0.6) is 0 Å². The molecule has 8 aromatic carbocycles. The van der Waals surface area contributed by atoms with Crippen molar-refractivity contribution in [2.24, 2.45) is 0 Å². The molecule has 2 nitrogen and oxygen atoms in total. The lowest BCUT2D eigenvalue weighted by molar-refractivity contribution is 1.18. The second-order valence-electron chi connectivity index (χ2n) is 12.7. The normalized spacial score (nSPS) is 12.4. The predicted octanol–water partition coefficient (Wildman–Crippen LogP) is 12.9. The van der Waals surface area contributed by atoms with E-state index in [0.29, 0.717) is 16.5 Å². The molecule has 0 aliphatic rings.